The molecule has 1 atom stereocenters. The normalized spacial score (nSPS) is 23.8. The number of amides is 2. The summed E-state index contributed by atoms with van der Waals surface area (Å²) in [4.78, 5) is 11.3. The van der Waals surface area contributed by atoms with Gasteiger partial charge in [0, 0.05) is 18.6 Å². The summed E-state index contributed by atoms with van der Waals surface area (Å²) in [5, 5.41) is 5.75. The fourth-order valence-electron chi connectivity index (χ4n) is 1.69. The van der Waals surface area contributed by atoms with Crippen molar-refractivity contribution in [3.8, 4) is 0 Å². The van der Waals surface area contributed by atoms with E-state index in [9.17, 15) is 4.79 Å². The van der Waals surface area contributed by atoms with Crippen LogP contribution >= 0.6 is 0 Å². The first kappa shape index (κ1) is 9.77. The van der Waals surface area contributed by atoms with Gasteiger partial charge in [0.15, 0.2) is 0 Å². The number of carbonyl (C=O) groups is 1. The van der Waals surface area contributed by atoms with Gasteiger partial charge in [-0.15, -0.1) is 0 Å². The highest BCUT2D eigenvalue weighted by molar-refractivity contribution is 5.74. The van der Waals surface area contributed by atoms with E-state index >= 15 is 0 Å². The fraction of sp³-hybridized carbons (Fsp3) is 0.900. The van der Waals surface area contributed by atoms with Crippen LogP contribution in [0.25, 0.3) is 0 Å². The second-order valence-corrected chi connectivity index (χ2v) is 4.48. The Balaban J connectivity index is 1.56. The van der Waals surface area contributed by atoms with Crippen LogP contribution in [0, 0.1) is 5.92 Å². The van der Waals surface area contributed by atoms with Crippen LogP contribution in [-0.4, -0.2) is 24.7 Å². The van der Waals surface area contributed by atoms with E-state index in [1.807, 2.05) is 0 Å². The minimum absolute atomic E-state index is 0.0502. The smallest absolute Gasteiger partial charge is 0.315 e. The molecule has 14 heavy (non-hydrogen) atoms. The van der Waals surface area contributed by atoms with Crippen LogP contribution in [0.2, 0.25) is 0 Å². The van der Waals surface area contributed by atoms with Crippen LogP contribution in [0.1, 0.15) is 32.1 Å². The quantitative estimate of drug-likeness (QED) is 0.617. The highest BCUT2D eigenvalue weighted by Crippen LogP contribution is 2.31. The monoisotopic (exact) mass is 197 g/mol. The molecule has 0 aromatic heterocycles. The Kier molecular flexibility index (Phi) is 2.91. The van der Waals surface area contributed by atoms with Crippen molar-refractivity contribution < 1.29 is 4.79 Å². The zero-order valence-electron chi connectivity index (χ0n) is 8.46. The van der Waals surface area contributed by atoms with E-state index in [0.717, 1.165) is 12.8 Å². The molecule has 0 bridgehead atoms. The van der Waals surface area contributed by atoms with Crippen molar-refractivity contribution in [2.75, 3.05) is 6.54 Å². The van der Waals surface area contributed by atoms with Gasteiger partial charge in [-0.3, -0.25) is 0 Å². The van der Waals surface area contributed by atoms with Gasteiger partial charge >= 0.3 is 6.03 Å². The Bertz CT molecular complexity index is 211. The van der Waals surface area contributed by atoms with E-state index in [0.29, 0.717) is 18.5 Å². The van der Waals surface area contributed by atoms with Gasteiger partial charge < -0.3 is 16.4 Å². The van der Waals surface area contributed by atoms with E-state index in [1.165, 1.54) is 19.3 Å². The Hall–Kier alpha value is -0.770. The average Bonchev–Trinajstić information content (AvgIpc) is 2.90. The van der Waals surface area contributed by atoms with E-state index in [1.54, 1.807) is 0 Å². The summed E-state index contributed by atoms with van der Waals surface area (Å²) in [5.41, 5.74) is 5.86. The van der Waals surface area contributed by atoms with Crippen molar-refractivity contribution in [2.45, 2.75) is 44.2 Å². The highest BCUT2D eigenvalue weighted by Gasteiger charge is 2.28. The molecular formula is C10H19N3O. The molecule has 2 saturated carbocycles. The summed E-state index contributed by atoms with van der Waals surface area (Å²) in [6.07, 6.45) is 5.96. The van der Waals surface area contributed by atoms with Crippen LogP contribution in [0.4, 0.5) is 4.79 Å². The summed E-state index contributed by atoms with van der Waals surface area (Å²) >= 11 is 0. The number of nitrogens with two attached hydrogens (primary N) is 1. The Labute approximate surface area is 84.6 Å². The summed E-state index contributed by atoms with van der Waals surface area (Å²) in [6, 6.07) is 0.514. The number of hydrogen-bond donors (Lipinski definition) is 3. The maximum atomic E-state index is 11.3. The molecular weight excluding hydrogens is 178 g/mol. The second kappa shape index (κ2) is 4.17. The van der Waals surface area contributed by atoms with Crippen LogP contribution in [0.5, 0.6) is 0 Å². The summed E-state index contributed by atoms with van der Waals surface area (Å²) in [6.45, 7) is 0.614. The van der Waals surface area contributed by atoms with Crippen LogP contribution in [0.3, 0.4) is 0 Å². The van der Waals surface area contributed by atoms with Crippen LogP contribution < -0.4 is 16.4 Å². The molecule has 2 aliphatic rings. The zero-order chi connectivity index (χ0) is 9.97. The van der Waals surface area contributed by atoms with Gasteiger partial charge in [-0.25, -0.2) is 4.79 Å². The fourth-order valence-corrected chi connectivity index (χ4v) is 1.69. The Morgan fingerprint density at radius 3 is 2.57 bits per heavy atom. The first-order valence-electron chi connectivity index (χ1n) is 5.55. The summed E-state index contributed by atoms with van der Waals surface area (Å²) in [5.74, 6) is 0.652. The SMILES string of the molecule is NC(CNC(=O)NC1CCC1)C1CC1. The molecule has 80 valence electrons. The second-order valence-electron chi connectivity index (χ2n) is 4.48. The van der Waals surface area contributed by atoms with Crippen molar-refractivity contribution in [1.82, 2.24) is 10.6 Å². The molecule has 0 aromatic carbocycles. The van der Waals surface area contributed by atoms with Crippen molar-refractivity contribution in [3.05, 3.63) is 0 Å². The van der Waals surface area contributed by atoms with E-state index < -0.39 is 0 Å². The van der Waals surface area contributed by atoms with Crippen molar-refractivity contribution in [2.24, 2.45) is 11.7 Å². The Morgan fingerprint density at radius 1 is 1.36 bits per heavy atom. The minimum atomic E-state index is -0.0502. The first-order valence-corrected chi connectivity index (χ1v) is 5.55. The highest BCUT2D eigenvalue weighted by atomic mass is 16.2. The van der Waals surface area contributed by atoms with E-state index in [4.69, 9.17) is 5.73 Å². The maximum absolute atomic E-state index is 11.3. The lowest BCUT2D eigenvalue weighted by Gasteiger charge is -2.26. The number of hydrogen-bond acceptors (Lipinski definition) is 2. The lowest BCUT2D eigenvalue weighted by atomic mass is 9.93. The zero-order valence-corrected chi connectivity index (χ0v) is 8.46. The molecule has 0 heterocycles. The van der Waals surface area contributed by atoms with E-state index in [-0.39, 0.29) is 12.1 Å². The molecule has 2 aliphatic carbocycles. The molecule has 0 aliphatic heterocycles. The molecule has 4 N–H and O–H groups in total. The first-order chi connectivity index (χ1) is 6.75. The molecule has 4 nitrogen and oxygen atoms in total. The van der Waals surface area contributed by atoms with Crippen molar-refractivity contribution in [1.29, 1.82) is 0 Å². The molecule has 0 aromatic rings. The number of nitrogens with one attached hydrogen (secondary N) is 2. The molecule has 0 radical (unpaired) electrons. The number of urea groups is 1. The molecule has 2 amide bonds. The third-order valence-electron chi connectivity index (χ3n) is 3.17. The molecule has 4 heteroatoms. The van der Waals surface area contributed by atoms with Gasteiger partial charge in [0.1, 0.15) is 0 Å². The largest absolute Gasteiger partial charge is 0.337 e. The van der Waals surface area contributed by atoms with Crippen LogP contribution in [0.15, 0.2) is 0 Å². The maximum Gasteiger partial charge on any atom is 0.315 e. The molecule has 0 saturated heterocycles. The third-order valence-corrected chi connectivity index (χ3v) is 3.17. The van der Waals surface area contributed by atoms with Gasteiger partial charge in [-0.2, -0.15) is 0 Å². The number of carbonyl (C=O) groups excluding carboxylic acids is 1. The van der Waals surface area contributed by atoms with Crippen molar-refractivity contribution in [3.63, 3.8) is 0 Å². The molecule has 2 fully saturated rings. The van der Waals surface area contributed by atoms with E-state index in [2.05, 4.69) is 10.6 Å². The lowest BCUT2D eigenvalue weighted by Crippen LogP contribution is -2.48. The third kappa shape index (κ3) is 2.61. The van der Waals surface area contributed by atoms with Gasteiger partial charge in [0.25, 0.3) is 0 Å². The molecule has 1 unspecified atom stereocenters. The predicted octanol–water partition coefficient (Wildman–Crippen LogP) is 0.575. The lowest BCUT2D eigenvalue weighted by molar-refractivity contribution is 0.227. The Morgan fingerprint density at radius 2 is 2.07 bits per heavy atom. The number of rotatable bonds is 4. The van der Waals surface area contributed by atoms with Crippen molar-refractivity contribution >= 4 is 6.03 Å². The van der Waals surface area contributed by atoms with Gasteiger partial charge in [-0.05, 0) is 38.0 Å². The summed E-state index contributed by atoms with van der Waals surface area (Å²) < 4.78 is 0. The molecule has 0 spiro atoms. The minimum Gasteiger partial charge on any atom is -0.337 e. The molecule has 2 rings (SSSR count). The van der Waals surface area contributed by atoms with Crippen LogP contribution in [-0.2, 0) is 0 Å². The standard InChI is InChI=1S/C10H19N3O/c11-9(7-4-5-7)6-12-10(14)13-8-2-1-3-8/h7-9H,1-6,11H2,(H2,12,13,14). The van der Waals surface area contributed by atoms with Gasteiger partial charge in [0.05, 0.1) is 0 Å². The summed E-state index contributed by atoms with van der Waals surface area (Å²) in [7, 11) is 0. The van der Waals surface area contributed by atoms with Gasteiger partial charge in [0.2, 0.25) is 0 Å². The predicted molar refractivity (Wildman–Crippen MR) is 54.9 cm³/mol. The van der Waals surface area contributed by atoms with Gasteiger partial charge in [-0.1, -0.05) is 0 Å². The average molecular weight is 197 g/mol. The topological polar surface area (TPSA) is 67.1 Å².